The SMILES string of the molecule is CC(=O)OCC1CCCN1C(=O)Oc1ccc(C2O[P+](=O)C(O)(Cc3cccnc3)P(=O)(O)O2)cc1. The fraction of sp³-hybridized carbons (Fsp3) is 0.409. The number of ether oxygens (including phenoxy) is 2. The van der Waals surface area contributed by atoms with E-state index in [1.165, 1.54) is 48.5 Å². The summed E-state index contributed by atoms with van der Waals surface area (Å²) in [6.07, 6.45) is 1.74. The summed E-state index contributed by atoms with van der Waals surface area (Å²) in [5.74, 6) is -0.245. The van der Waals surface area contributed by atoms with E-state index in [4.69, 9.17) is 18.5 Å². The van der Waals surface area contributed by atoms with Crippen LogP contribution in [0.1, 0.15) is 37.2 Å². The summed E-state index contributed by atoms with van der Waals surface area (Å²) in [4.78, 5) is 39.4. The van der Waals surface area contributed by atoms with Gasteiger partial charge in [0, 0.05) is 31.4 Å². The fourth-order valence-electron chi connectivity index (χ4n) is 3.89. The zero-order chi connectivity index (χ0) is 25.9. The highest BCUT2D eigenvalue weighted by molar-refractivity contribution is 7.68. The van der Waals surface area contributed by atoms with Gasteiger partial charge in [0.1, 0.15) is 12.4 Å². The van der Waals surface area contributed by atoms with Crippen LogP contribution in [-0.2, 0) is 34.1 Å². The first kappa shape index (κ1) is 26.3. The molecule has 14 heteroatoms. The molecule has 36 heavy (non-hydrogen) atoms. The van der Waals surface area contributed by atoms with Crippen LogP contribution in [0, 0.1) is 0 Å². The molecule has 192 valence electrons. The first-order valence-electron chi connectivity index (χ1n) is 11.1. The summed E-state index contributed by atoms with van der Waals surface area (Å²) < 4.78 is 46.5. The lowest BCUT2D eigenvalue weighted by molar-refractivity contribution is -0.142. The van der Waals surface area contributed by atoms with Crippen LogP contribution in [0.3, 0.4) is 0 Å². The van der Waals surface area contributed by atoms with Gasteiger partial charge in [0.2, 0.25) is 6.29 Å². The molecular weight excluding hydrogens is 514 g/mol. The third-order valence-corrected chi connectivity index (χ3v) is 9.70. The molecule has 0 saturated carbocycles. The number of benzene rings is 1. The molecule has 2 N–H and O–H groups in total. The van der Waals surface area contributed by atoms with Gasteiger partial charge in [-0.3, -0.25) is 18.9 Å². The van der Waals surface area contributed by atoms with Crippen LogP contribution in [0.5, 0.6) is 5.75 Å². The van der Waals surface area contributed by atoms with Gasteiger partial charge in [-0.1, -0.05) is 18.2 Å². The van der Waals surface area contributed by atoms with Crippen molar-refractivity contribution >= 4 is 27.7 Å². The van der Waals surface area contributed by atoms with Crippen LogP contribution in [0.4, 0.5) is 4.79 Å². The minimum Gasteiger partial charge on any atom is -0.464 e. The number of pyridine rings is 1. The summed E-state index contributed by atoms with van der Waals surface area (Å²) in [6, 6.07) is 8.53. The van der Waals surface area contributed by atoms with Gasteiger partial charge in [-0.2, -0.15) is 0 Å². The highest BCUT2D eigenvalue weighted by atomic mass is 31.2. The number of amides is 1. The van der Waals surface area contributed by atoms with Crippen molar-refractivity contribution in [1.82, 2.24) is 9.88 Å². The Morgan fingerprint density at radius 3 is 2.69 bits per heavy atom. The second-order valence-electron chi connectivity index (χ2n) is 8.36. The zero-order valence-corrected chi connectivity index (χ0v) is 21.0. The highest BCUT2D eigenvalue weighted by Crippen LogP contribution is 2.72. The molecule has 0 bridgehead atoms. The topological polar surface area (TPSA) is 162 Å². The number of hydrogen-bond donors (Lipinski definition) is 2. The van der Waals surface area contributed by atoms with Crippen LogP contribution in [0.15, 0.2) is 48.8 Å². The average Bonchev–Trinajstić information content (AvgIpc) is 3.31. The molecule has 2 aromatic rings. The molecule has 0 radical (unpaired) electrons. The third-order valence-electron chi connectivity index (χ3n) is 5.79. The monoisotopic (exact) mass is 539 g/mol. The molecule has 2 fully saturated rings. The maximum atomic E-state index is 12.9. The summed E-state index contributed by atoms with van der Waals surface area (Å²) in [5, 5.41) is 8.12. The minimum absolute atomic E-state index is 0.0895. The van der Waals surface area contributed by atoms with E-state index in [0.717, 1.165) is 6.42 Å². The lowest BCUT2D eigenvalue weighted by Crippen LogP contribution is -2.40. The van der Waals surface area contributed by atoms with E-state index in [9.17, 15) is 28.7 Å². The summed E-state index contributed by atoms with van der Waals surface area (Å²) in [6.45, 7) is 1.85. The van der Waals surface area contributed by atoms with Crippen molar-refractivity contribution in [1.29, 1.82) is 0 Å². The molecule has 2 aliphatic rings. The maximum absolute atomic E-state index is 12.9. The molecule has 1 aromatic carbocycles. The Morgan fingerprint density at radius 1 is 1.31 bits per heavy atom. The number of nitrogens with zero attached hydrogens (tertiary/aromatic N) is 2. The van der Waals surface area contributed by atoms with E-state index < -0.39 is 45.5 Å². The summed E-state index contributed by atoms with van der Waals surface area (Å²) >= 11 is 0. The molecule has 1 aromatic heterocycles. The largest absolute Gasteiger partial charge is 0.560 e. The molecule has 3 heterocycles. The summed E-state index contributed by atoms with van der Waals surface area (Å²) in [7, 11) is -7.87. The van der Waals surface area contributed by atoms with Crippen LogP contribution in [-0.4, -0.2) is 56.2 Å². The fourth-order valence-corrected chi connectivity index (χ4v) is 6.86. The van der Waals surface area contributed by atoms with Gasteiger partial charge in [0.25, 0.3) is 0 Å². The molecule has 5 unspecified atom stereocenters. The van der Waals surface area contributed by atoms with Gasteiger partial charge < -0.3 is 24.4 Å². The quantitative estimate of drug-likeness (QED) is 0.408. The number of hydrogen-bond acceptors (Lipinski definition) is 10. The molecule has 2 aliphatic heterocycles. The highest BCUT2D eigenvalue weighted by Gasteiger charge is 2.70. The van der Waals surface area contributed by atoms with Crippen molar-refractivity contribution in [3.05, 3.63) is 59.9 Å². The van der Waals surface area contributed by atoms with Gasteiger partial charge in [-0.25, -0.2) is 4.79 Å². The Labute approximate surface area is 207 Å². The van der Waals surface area contributed by atoms with Crippen molar-refractivity contribution in [3.63, 3.8) is 0 Å². The van der Waals surface area contributed by atoms with Crippen molar-refractivity contribution in [3.8, 4) is 5.75 Å². The van der Waals surface area contributed by atoms with Crippen LogP contribution in [0.2, 0.25) is 0 Å². The second kappa shape index (κ2) is 10.7. The average molecular weight is 539 g/mol. The lowest BCUT2D eigenvalue weighted by Gasteiger charge is -2.29. The smallest absolute Gasteiger partial charge is 0.464 e. The Hall–Kier alpha value is -2.72. The number of rotatable bonds is 6. The Bertz CT molecular complexity index is 1180. The Balaban J connectivity index is 1.40. The second-order valence-corrected chi connectivity index (χ2v) is 12.2. The Kier molecular flexibility index (Phi) is 7.85. The number of carbonyl (C=O) groups excluding carboxylic acids is 2. The molecule has 5 atom stereocenters. The zero-order valence-electron chi connectivity index (χ0n) is 19.3. The van der Waals surface area contributed by atoms with E-state index in [-0.39, 0.29) is 24.0 Å². The number of likely N-dealkylation sites (tertiary alicyclic amines) is 1. The van der Waals surface area contributed by atoms with E-state index in [2.05, 4.69) is 4.98 Å². The lowest BCUT2D eigenvalue weighted by atomic mass is 10.2. The molecule has 0 aliphatic carbocycles. The van der Waals surface area contributed by atoms with Gasteiger partial charge >= 0.3 is 32.8 Å². The van der Waals surface area contributed by atoms with Crippen LogP contribution < -0.4 is 4.74 Å². The summed E-state index contributed by atoms with van der Waals surface area (Å²) in [5.41, 5.74) is 0.604. The number of esters is 1. The third kappa shape index (κ3) is 5.64. The number of carbonyl (C=O) groups is 2. The van der Waals surface area contributed by atoms with E-state index in [1.807, 2.05) is 0 Å². The molecule has 2 saturated heterocycles. The Morgan fingerprint density at radius 2 is 2.06 bits per heavy atom. The van der Waals surface area contributed by atoms with Crippen molar-refractivity contribution in [2.45, 2.75) is 43.6 Å². The van der Waals surface area contributed by atoms with E-state index in [0.29, 0.717) is 18.5 Å². The molecule has 12 nitrogen and oxygen atoms in total. The molecular formula is C22H25N2O10P2+. The first-order chi connectivity index (χ1) is 17.1. The normalized spacial score (nSPS) is 29.1. The van der Waals surface area contributed by atoms with Gasteiger partial charge in [-0.05, 0) is 41.2 Å². The standard InChI is InChI=1S/C22H24N2O10P2/c1-15(25)31-14-18-5-3-11-24(18)21(26)32-19-8-6-17(7-9-19)20-33-35(28)22(27,36(29,30)34-20)12-16-4-2-10-23-13-16/h2,4,6-10,13,18,20,27H,3,5,11-12,14H2,1H3/p+1. The van der Waals surface area contributed by atoms with E-state index >= 15 is 0 Å². The minimum atomic E-state index is -4.83. The predicted molar refractivity (Wildman–Crippen MR) is 124 cm³/mol. The van der Waals surface area contributed by atoms with Gasteiger partial charge in [0.15, 0.2) is 0 Å². The van der Waals surface area contributed by atoms with Crippen LogP contribution in [0.25, 0.3) is 0 Å². The number of aromatic nitrogens is 1. The first-order valence-corrected chi connectivity index (χ1v) is 13.8. The number of aliphatic hydroxyl groups is 1. The molecule has 1 amide bonds. The van der Waals surface area contributed by atoms with Crippen LogP contribution >= 0.6 is 15.6 Å². The van der Waals surface area contributed by atoms with E-state index in [1.54, 1.807) is 12.1 Å². The predicted octanol–water partition coefficient (Wildman–Crippen LogP) is 3.47. The van der Waals surface area contributed by atoms with Crippen molar-refractivity contribution in [2.24, 2.45) is 0 Å². The van der Waals surface area contributed by atoms with Crippen molar-refractivity contribution < 1.29 is 47.2 Å². The molecule has 4 rings (SSSR count). The van der Waals surface area contributed by atoms with Crippen molar-refractivity contribution in [2.75, 3.05) is 13.2 Å². The van der Waals surface area contributed by atoms with Gasteiger partial charge in [-0.15, -0.1) is 4.52 Å². The maximum Gasteiger partial charge on any atom is 0.560 e. The van der Waals surface area contributed by atoms with Gasteiger partial charge in [0.05, 0.1) is 12.5 Å². The molecule has 0 spiro atoms.